The van der Waals surface area contributed by atoms with E-state index in [1.54, 1.807) is 23.5 Å². The number of carbonyl (C=O) groups is 1. The number of hydrogen-bond donors (Lipinski definition) is 0. The molecule has 1 aromatic carbocycles. The number of rotatable bonds is 6. The molecule has 1 aliphatic rings. The van der Waals surface area contributed by atoms with Crippen LogP contribution in [0.15, 0.2) is 35.0 Å². The molecule has 1 unspecified atom stereocenters. The Morgan fingerprint density at radius 3 is 2.64 bits per heavy atom. The van der Waals surface area contributed by atoms with Crippen molar-refractivity contribution in [1.82, 2.24) is 9.80 Å². The van der Waals surface area contributed by atoms with E-state index in [2.05, 4.69) is 21.7 Å². The van der Waals surface area contributed by atoms with Crippen LogP contribution in [0.4, 0.5) is 0 Å². The molecular weight excluding hydrogens is 375 g/mol. The Hall–Kier alpha value is -1.07. The quantitative estimate of drug-likeness (QED) is 0.693. The molecule has 1 aliphatic heterocycles. The Kier molecular flexibility index (Phi) is 6.39. The van der Waals surface area contributed by atoms with E-state index in [9.17, 15) is 4.79 Å². The molecule has 2 aromatic rings. The lowest BCUT2D eigenvalue weighted by molar-refractivity contribution is -0.131. The third-order valence-electron chi connectivity index (χ3n) is 4.76. The van der Waals surface area contributed by atoms with Crippen LogP contribution in [-0.2, 0) is 11.2 Å². The maximum Gasteiger partial charge on any atom is 0.227 e. The highest BCUT2D eigenvalue weighted by molar-refractivity contribution is 7.08. The summed E-state index contributed by atoms with van der Waals surface area (Å²) in [7, 11) is 1.90. The third kappa shape index (κ3) is 4.76. The van der Waals surface area contributed by atoms with Gasteiger partial charge in [-0.3, -0.25) is 4.79 Å². The van der Waals surface area contributed by atoms with Gasteiger partial charge in [0.2, 0.25) is 5.91 Å². The maximum absolute atomic E-state index is 12.9. The monoisotopic (exact) mass is 396 g/mol. The number of carbonyl (C=O) groups excluding carboxylic acids is 1. The second kappa shape index (κ2) is 8.54. The smallest absolute Gasteiger partial charge is 0.227 e. The second-order valence-corrected chi connectivity index (χ2v) is 8.10. The predicted molar refractivity (Wildman–Crippen MR) is 106 cm³/mol. The van der Waals surface area contributed by atoms with Crippen molar-refractivity contribution < 1.29 is 4.79 Å². The highest BCUT2D eigenvalue weighted by atomic mass is 35.5. The van der Waals surface area contributed by atoms with Crippen LogP contribution in [0.3, 0.4) is 0 Å². The summed E-state index contributed by atoms with van der Waals surface area (Å²) in [6, 6.07) is 7.58. The minimum absolute atomic E-state index is 0.0830. The van der Waals surface area contributed by atoms with Gasteiger partial charge in [-0.05, 0) is 66.0 Å². The highest BCUT2D eigenvalue weighted by Gasteiger charge is 2.26. The minimum atomic E-state index is 0.0830. The number of amides is 1. The fourth-order valence-electron chi connectivity index (χ4n) is 3.25. The fraction of sp³-hybridized carbons (Fsp3) is 0.421. The first-order valence-corrected chi connectivity index (χ1v) is 10.2. The molecule has 25 heavy (non-hydrogen) atoms. The zero-order valence-corrected chi connectivity index (χ0v) is 16.6. The first-order valence-electron chi connectivity index (χ1n) is 8.48. The van der Waals surface area contributed by atoms with Crippen molar-refractivity contribution in [2.75, 3.05) is 26.7 Å². The summed E-state index contributed by atoms with van der Waals surface area (Å²) in [4.78, 5) is 17.2. The van der Waals surface area contributed by atoms with E-state index in [1.165, 1.54) is 18.4 Å². The zero-order chi connectivity index (χ0) is 17.8. The van der Waals surface area contributed by atoms with E-state index < -0.39 is 0 Å². The van der Waals surface area contributed by atoms with E-state index in [4.69, 9.17) is 23.2 Å². The Balaban J connectivity index is 1.72. The lowest BCUT2D eigenvalue weighted by Crippen LogP contribution is -2.39. The van der Waals surface area contributed by atoms with Crippen molar-refractivity contribution in [3.05, 3.63) is 56.2 Å². The van der Waals surface area contributed by atoms with Crippen LogP contribution in [-0.4, -0.2) is 42.4 Å². The van der Waals surface area contributed by atoms with Crippen LogP contribution < -0.4 is 0 Å². The largest absolute Gasteiger partial charge is 0.337 e. The standard InChI is InChI=1S/C19H22Cl2N2OS/c1-22(19(24)11-14-4-5-16(20)17(21)10-14)18(15-6-9-25-13-15)12-23-7-2-3-8-23/h4-6,9-10,13,18H,2-3,7-8,11-12H2,1H3. The van der Waals surface area contributed by atoms with Crippen LogP contribution in [0, 0.1) is 0 Å². The maximum atomic E-state index is 12.9. The summed E-state index contributed by atoms with van der Waals surface area (Å²) in [5.74, 6) is 0.0915. The molecule has 1 aromatic heterocycles. The highest BCUT2D eigenvalue weighted by Crippen LogP contribution is 2.27. The molecule has 0 aliphatic carbocycles. The van der Waals surface area contributed by atoms with Crippen molar-refractivity contribution in [2.45, 2.75) is 25.3 Å². The average molecular weight is 397 g/mol. The molecule has 6 heteroatoms. The van der Waals surface area contributed by atoms with E-state index in [0.29, 0.717) is 16.5 Å². The number of likely N-dealkylation sites (N-methyl/N-ethyl adjacent to an activating group) is 1. The molecular formula is C19H22Cl2N2OS. The number of hydrogen-bond acceptors (Lipinski definition) is 3. The Labute approximate surface area is 163 Å². The Bertz CT molecular complexity index is 714. The number of halogens is 2. The van der Waals surface area contributed by atoms with Crippen molar-refractivity contribution in [3.63, 3.8) is 0 Å². The number of nitrogens with zero attached hydrogens (tertiary/aromatic N) is 2. The van der Waals surface area contributed by atoms with Crippen LogP contribution in [0.1, 0.15) is 30.0 Å². The molecule has 0 N–H and O–H groups in total. The summed E-state index contributed by atoms with van der Waals surface area (Å²) in [6.07, 6.45) is 2.82. The number of benzene rings is 1. The van der Waals surface area contributed by atoms with Crippen molar-refractivity contribution in [1.29, 1.82) is 0 Å². The molecule has 0 bridgehead atoms. The second-order valence-electron chi connectivity index (χ2n) is 6.51. The normalized spacial score (nSPS) is 16.1. The molecule has 1 fully saturated rings. The van der Waals surface area contributed by atoms with Gasteiger partial charge in [-0.15, -0.1) is 0 Å². The molecule has 1 atom stereocenters. The van der Waals surface area contributed by atoms with Crippen LogP contribution >= 0.6 is 34.5 Å². The summed E-state index contributed by atoms with van der Waals surface area (Å²) in [5.41, 5.74) is 2.10. The Morgan fingerprint density at radius 2 is 2.00 bits per heavy atom. The fourth-order valence-corrected chi connectivity index (χ4v) is 4.28. The molecule has 0 saturated carbocycles. The molecule has 0 spiro atoms. The van der Waals surface area contributed by atoms with Gasteiger partial charge in [0.25, 0.3) is 0 Å². The van der Waals surface area contributed by atoms with Crippen LogP contribution in [0.2, 0.25) is 10.0 Å². The lowest BCUT2D eigenvalue weighted by atomic mass is 10.1. The third-order valence-corrected chi connectivity index (χ3v) is 6.20. The summed E-state index contributed by atoms with van der Waals surface area (Å²) >= 11 is 13.7. The van der Waals surface area contributed by atoms with Crippen LogP contribution in [0.25, 0.3) is 0 Å². The summed E-state index contributed by atoms with van der Waals surface area (Å²) < 4.78 is 0. The topological polar surface area (TPSA) is 23.6 Å². The van der Waals surface area contributed by atoms with Crippen molar-refractivity contribution >= 4 is 40.4 Å². The predicted octanol–water partition coefficient (Wildman–Crippen LogP) is 4.89. The van der Waals surface area contributed by atoms with E-state index >= 15 is 0 Å². The average Bonchev–Trinajstić information content (AvgIpc) is 3.28. The van der Waals surface area contributed by atoms with Gasteiger partial charge in [0, 0.05) is 13.6 Å². The van der Waals surface area contributed by atoms with Gasteiger partial charge in [-0.2, -0.15) is 11.3 Å². The van der Waals surface area contributed by atoms with Gasteiger partial charge >= 0.3 is 0 Å². The molecule has 1 amide bonds. The van der Waals surface area contributed by atoms with E-state index in [0.717, 1.165) is 25.2 Å². The van der Waals surface area contributed by atoms with Gasteiger partial charge < -0.3 is 9.80 Å². The SMILES string of the molecule is CN(C(=O)Cc1ccc(Cl)c(Cl)c1)C(CN1CCCC1)c1ccsc1. The first kappa shape index (κ1) is 18.7. The number of likely N-dealkylation sites (tertiary alicyclic amines) is 1. The molecule has 1 saturated heterocycles. The zero-order valence-electron chi connectivity index (χ0n) is 14.3. The van der Waals surface area contributed by atoms with Gasteiger partial charge in [-0.25, -0.2) is 0 Å². The first-order chi connectivity index (χ1) is 12.0. The minimum Gasteiger partial charge on any atom is -0.337 e. The lowest BCUT2D eigenvalue weighted by Gasteiger charge is -2.31. The molecule has 2 heterocycles. The number of thiophene rings is 1. The van der Waals surface area contributed by atoms with Gasteiger partial charge in [0.1, 0.15) is 0 Å². The van der Waals surface area contributed by atoms with Crippen molar-refractivity contribution in [2.24, 2.45) is 0 Å². The van der Waals surface area contributed by atoms with E-state index in [1.807, 2.05) is 18.0 Å². The van der Waals surface area contributed by atoms with Gasteiger partial charge in [-0.1, -0.05) is 29.3 Å². The molecule has 3 rings (SSSR count). The van der Waals surface area contributed by atoms with Crippen molar-refractivity contribution in [3.8, 4) is 0 Å². The summed E-state index contributed by atoms with van der Waals surface area (Å²) in [6.45, 7) is 3.13. The van der Waals surface area contributed by atoms with Gasteiger partial charge in [0.05, 0.1) is 22.5 Å². The molecule has 3 nitrogen and oxygen atoms in total. The summed E-state index contributed by atoms with van der Waals surface area (Å²) in [5, 5.41) is 5.21. The van der Waals surface area contributed by atoms with Gasteiger partial charge in [0.15, 0.2) is 0 Å². The molecule has 0 radical (unpaired) electrons. The Morgan fingerprint density at radius 1 is 1.24 bits per heavy atom. The van der Waals surface area contributed by atoms with E-state index in [-0.39, 0.29) is 11.9 Å². The van der Waals surface area contributed by atoms with Crippen LogP contribution in [0.5, 0.6) is 0 Å². The molecule has 134 valence electrons.